The van der Waals surface area contributed by atoms with Crippen LogP contribution in [0.15, 0.2) is 41.0 Å². The Labute approximate surface area is 115 Å². The summed E-state index contributed by atoms with van der Waals surface area (Å²) in [6, 6.07) is 10.0. The molecule has 0 aliphatic heterocycles. The second-order valence-electron chi connectivity index (χ2n) is 4.03. The van der Waals surface area contributed by atoms with E-state index in [0.29, 0.717) is 6.54 Å². The summed E-state index contributed by atoms with van der Waals surface area (Å²) in [4.78, 5) is 4.32. The molecule has 2 aromatic rings. The maximum Gasteiger partial charge on any atom is 0.141 e. The number of pyridine rings is 1. The maximum absolute atomic E-state index is 5.32. The molecule has 0 unspecified atom stereocenters. The lowest BCUT2D eigenvalue weighted by molar-refractivity contribution is 0.416. The van der Waals surface area contributed by atoms with Crippen LogP contribution in [0, 0.1) is 6.92 Å². The van der Waals surface area contributed by atoms with Gasteiger partial charge in [-0.1, -0.05) is 6.07 Å². The van der Waals surface area contributed by atoms with Crippen LogP contribution in [-0.2, 0) is 6.54 Å². The van der Waals surface area contributed by atoms with E-state index >= 15 is 0 Å². The smallest absolute Gasteiger partial charge is 0.141 e. The molecule has 0 amide bonds. The first-order valence-electron chi connectivity index (χ1n) is 5.68. The van der Waals surface area contributed by atoms with E-state index in [2.05, 4.69) is 39.2 Å². The third kappa shape index (κ3) is 3.23. The highest BCUT2D eigenvalue weighted by molar-refractivity contribution is 9.10. The number of anilines is 1. The van der Waals surface area contributed by atoms with Crippen LogP contribution in [0.1, 0.15) is 11.3 Å². The molecule has 0 radical (unpaired) electrons. The van der Waals surface area contributed by atoms with E-state index < -0.39 is 0 Å². The molecule has 1 aromatic carbocycles. The number of nitrogens with one attached hydrogen (secondary N) is 1. The molecular formula is C14H15BrN2O. The summed E-state index contributed by atoms with van der Waals surface area (Å²) in [5.41, 5.74) is 3.17. The number of hydrogen-bond donors (Lipinski definition) is 1. The third-order valence-electron chi connectivity index (χ3n) is 2.60. The number of halogens is 1. The standard InChI is InChI=1S/C14H15BrN2O/c1-10-3-6-14(18-2)13(7-10)17-9-12-5-4-11(15)8-16-12/h3-8,17H,9H2,1-2H3. The summed E-state index contributed by atoms with van der Waals surface area (Å²) in [7, 11) is 1.67. The molecule has 1 heterocycles. The highest BCUT2D eigenvalue weighted by atomic mass is 79.9. The summed E-state index contributed by atoms with van der Waals surface area (Å²) in [5, 5.41) is 3.34. The minimum Gasteiger partial charge on any atom is -0.495 e. The van der Waals surface area contributed by atoms with Crippen molar-refractivity contribution < 1.29 is 4.74 Å². The number of nitrogens with zero attached hydrogens (tertiary/aromatic N) is 1. The lowest BCUT2D eigenvalue weighted by Gasteiger charge is -2.11. The predicted molar refractivity (Wildman–Crippen MR) is 77.0 cm³/mol. The lowest BCUT2D eigenvalue weighted by Crippen LogP contribution is -2.03. The van der Waals surface area contributed by atoms with Crippen LogP contribution in [0.3, 0.4) is 0 Å². The molecule has 0 saturated heterocycles. The van der Waals surface area contributed by atoms with Gasteiger partial charge in [0.05, 0.1) is 25.0 Å². The Balaban J connectivity index is 2.09. The SMILES string of the molecule is COc1ccc(C)cc1NCc1ccc(Br)cn1. The van der Waals surface area contributed by atoms with Crippen molar-refractivity contribution in [3.8, 4) is 5.75 Å². The minimum atomic E-state index is 0.674. The summed E-state index contributed by atoms with van der Waals surface area (Å²) >= 11 is 3.37. The first-order valence-corrected chi connectivity index (χ1v) is 6.47. The molecule has 0 aliphatic rings. The van der Waals surface area contributed by atoms with Crippen molar-refractivity contribution in [2.75, 3.05) is 12.4 Å². The first kappa shape index (κ1) is 12.9. The third-order valence-corrected chi connectivity index (χ3v) is 3.07. The van der Waals surface area contributed by atoms with Crippen molar-refractivity contribution in [3.05, 3.63) is 52.3 Å². The van der Waals surface area contributed by atoms with Gasteiger partial charge in [0, 0.05) is 10.7 Å². The van der Waals surface area contributed by atoms with Gasteiger partial charge in [-0.3, -0.25) is 4.98 Å². The topological polar surface area (TPSA) is 34.1 Å². The quantitative estimate of drug-likeness (QED) is 0.933. The van der Waals surface area contributed by atoms with Gasteiger partial charge < -0.3 is 10.1 Å². The van der Waals surface area contributed by atoms with E-state index in [4.69, 9.17) is 4.74 Å². The zero-order valence-corrected chi connectivity index (χ0v) is 12.0. The molecule has 18 heavy (non-hydrogen) atoms. The van der Waals surface area contributed by atoms with E-state index in [1.54, 1.807) is 13.3 Å². The number of rotatable bonds is 4. The van der Waals surface area contributed by atoms with Gasteiger partial charge in [0.15, 0.2) is 0 Å². The Morgan fingerprint density at radius 1 is 1.28 bits per heavy atom. The van der Waals surface area contributed by atoms with E-state index in [-0.39, 0.29) is 0 Å². The average molecular weight is 307 g/mol. The van der Waals surface area contributed by atoms with Crippen molar-refractivity contribution in [1.82, 2.24) is 4.98 Å². The molecule has 0 saturated carbocycles. The molecule has 1 aromatic heterocycles. The van der Waals surface area contributed by atoms with Gasteiger partial charge in [0.1, 0.15) is 5.75 Å². The number of ether oxygens (including phenoxy) is 1. The number of aryl methyl sites for hydroxylation is 1. The van der Waals surface area contributed by atoms with E-state index in [9.17, 15) is 0 Å². The second kappa shape index (κ2) is 5.87. The molecule has 94 valence electrons. The molecule has 4 heteroatoms. The van der Waals surface area contributed by atoms with Crippen molar-refractivity contribution in [3.63, 3.8) is 0 Å². The normalized spacial score (nSPS) is 10.2. The highest BCUT2D eigenvalue weighted by Crippen LogP contribution is 2.25. The summed E-state index contributed by atoms with van der Waals surface area (Å²) in [5.74, 6) is 0.845. The van der Waals surface area contributed by atoms with Gasteiger partial charge >= 0.3 is 0 Å². The molecule has 3 nitrogen and oxygen atoms in total. The molecule has 0 atom stereocenters. The van der Waals surface area contributed by atoms with Crippen molar-refractivity contribution in [2.45, 2.75) is 13.5 Å². The lowest BCUT2D eigenvalue weighted by atomic mass is 10.2. The summed E-state index contributed by atoms with van der Waals surface area (Å²) in [6.45, 7) is 2.73. The fourth-order valence-electron chi connectivity index (χ4n) is 1.66. The van der Waals surface area contributed by atoms with Crippen molar-refractivity contribution in [2.24, 2.45) is 0 Å². The molecule has 1 N–H and O–H groups in total. The predicted octanol–water partition coefficient (Wildman–Crippen LogP) is 3.77. The monoisotopic (exact) mass is 306 g/mol. The van der Waals surface area contributed by atoms with Gasteiger partial charge in [0.25, 0.3) is 0 Å². The first-order chi connectivity index (χ1) is 8.69. The van der Waals surface area contributed by atoms with E-state index in [1.807, 2.05) is 24.3 Å². The summed E-state index contributed by atoms with van der Waals surface area (Å²) in [6.07, 6.45) is 1.80. The molecule has 0 spiro atoms. The Morgan fingerprint density at radius 3 is 2.78 bits per heavy atom. The van der Waals surface area contributed by atoms with Crippen LogP contribution < -0.4 is 10.1 Å². The number of aromatic nitrogens is 1. The van der Waals surface area contributed by atoms with Crippen LogP contribution in [0.2, 0.25) is 0 Å². The fraction of sp³-hybridized carbons (Fsp3) is 0.214. The largest absolute Gasteiger partial charge is 0.495 e. The van der Waals surface area contributed by atoms with Gasteiger partial charge in [-0.05, 0) is 52.7 Å². The van der Waals surface area contributed by atoms with Crippen LogP contribution in [0.4, 0.5) is 5.69 Å². The number of benzene rings is 1. The van der Waals surface area contributed by atoms with Gasteiger partial charge in [-0.15, -0.1) is 0 Å². The highest BCUT2D eigenvalue weighted by Gasteiger charge is 2.03. The molecule has 2 rings (SSSR count). The summed E-state index contributed by atoms with van der Waals surface area (Å²) < 4.78 is 6.30. The minimum absolute atomic E-state index is 0.674. The Hall–Kier alpha value is -1.55. The van der Waals surface area contributed by atoms with Crippen LogP contribution >= 0.6 is 15.9 Å². The molecule has 0 bridgehead atoms. The Bertz CT molecular complexity index is 526. The fourth-order valence-corrected chi connectivity index (χ4v) is 1.89. The Morgan fingerprint density at radius 2 is 2.11 bits per heavy atom. The molecular weight excluding hydrogens is 292 g/mol. The van der Waals surface area contributed by atoms with Crippen LogP contribution in [0.25, 0.3) is 0 Å². The van der Waals surface area contributed by atoms with E-state index in [1.165, 1.54) is 5.56 Å². The Kier molecular flexibility index (Phi) is 4.20. The van der Waals surface area contributed by atoms with E-state index in [0.717, 1.165) is 21.6 Å². The number of methoxy groups -OCH3 is 1. The molecule has 0 aliphatic carbocycles. The van der Waals surface area contributed by atoms with Crippen molar-refractivity contribution >= 4 is 21.6 Å². The van der Waals surface area contributed by atoms with Crippen molar-refractivity contribution in [1.29, 1.82) is 0 Å². The van der Waals surface area contributed by atoms with Crippen LogP contribution in [-0.4, -0.2) is 12.1 Å². The van der Waals surface area contributed by atoms with Gasteiger partial charge in [-0.2, -0.15) is 0 Å². The maximum atomic E-state index is 5.32. The van der Waals surface area contributed by atoms with Gasteiger partial charge in [0.2, 0.25) is 0 Å². The zero-order chi connectivity index (χ0) is 13.0. The van der Waals surface area contributed by atoms with Crippen LogP contribution in [0.5, 0.6) is 5.75 Å². The van der Waals surface area contributed by atoms with Gasteiger partial charge in [-0.25, -0.2) is 0 Å². The zero-order valence-electron chi connectivity index (χ0n) is 10.4. The molecule has 0 fully saturated rings. The number of hydrogen-bond acceptors (Lipinski definition) is 3. The second-order valence-corrected chi connectivity index (χ2v) is 4.94. The average Bonchev–Trinajstić information content (AvgIpc) is 2.38.